The first kappa shape index (κ1) is 20.0. The third-order valence-corrected chi connectivity index (χ3v) is 4.75. The van der Waals surface area contributed by atoms with Gasteiger partial charge in [0.25, 0.3) is 5.91 Å². The lowest BCUT2D eigenvalue weighted by Crippen LogP contribution is -2.32. The first-order chi connectivity index (χ1) is 13.4. The van der Waals surface area contributed by atoms with Gasteiger partial charge < -0.3 is 9.47 Å². The maximum absolute atomic E-state index is 14.6. The minimum Gasteiger partial charge on any atom is -0.483 e. The number of rotatable bonds is 5. The fraction of sp³-hybridized carbons (Fsp3) is 0.167. The van der Waals surface area contributed by atoms with E-state index in [-0.39, 0.29) is 19.0 Å². The van der Waals surface area contributed by atoms with Crippen LogP contribution in [0.1, 0.15) is 22.3 Å². The maximum atomic E-state index is 14.6. The Morgan fingerprint density at radius 1 is 1.25 bits per heavy atom. The molecule has 1 N–H and O–H groups in total. The van der Waals surface area contributed by atoms with E-state index in [1.165, 1.54) is 18.3 Å². The highest BCUT2D eigenvalue weighted by molar-refractivity contribution is 7.18. The first-order valence-corrected chi connectivity index (χ1v) is 9.22. The largest absolute Gasteiger partial charge is 0.483 e. The quantitative estimate of drug-likeness (QED) is 0.640. The molecule has 0 aliphatic heterocycles. The van der Waals surface area contributed by atoms with Crippen molar-refractivity contribution in [2.45, 2.75) is 13.5 Å². The van der Waals surface area contributed by atoms with Crippen LogP contribution >= 0.6 is 22.9 Å². The molecule has 0 aliphatic carbocycles. The van der Waals surface area contributed by atoms with Gasteiger partial charge in [-0.2, -0.15) is 0 Å². The summed E-state index contributed by atoms with van der Waals surface area (Å²) >= 11 is 7.24. The zero-order valence-corrected chi connectivity index (χ0v) is 16.0. The number of ether oxygens (including phenoxy) is 2. The molecule has 3 rings (SSSR count). The van der Waals surface area contributed by atoms with Crippen molar-refractivity contribution in [1.82, 2.24) is 10.3 Å². The van der Waals surface area contributed by atoms with Gasteiger partial charge in [-0.05, 0) is 37.3 Å². The molecule has 2 aromatic carbocycles. The number of imide groups is 1. The highest BCUT2D eigenvalue weighted by atomic mass is 35.5. The van der Waals surface area contributed by atoms with Gasteiger partial charge in [0, 0.05) is 5.02 Å². The third-order valence-electron chi connectivity index (χ3n) is 3.52. The second-order valence-electron chi connectivity index (χ2n) is 5.42. The molecule has 6 nitrogen and oxygen atoms in total. The molecule has 3 aromatic rings. The summed E-state index contributed by atoms with van der Waals surface area (Å²) in [6, 6.07) is 7.11. The Balaban J connectivity index is 1.78. The number of hydrogen-bond donors (Lipinski definition) is 1. The molecule has 0 unspecified atom stereocenters. The van der Waals surface area contributed by atoms with Crippen LogP contribution in [0.15, 0.2) is 30.3 Å². The molecule has 2 amide bonds. The molecule has 0 saturated carbocycles. The summed E-state index contributed by atoms with van der Waals surface area (Å²) < 4.78 is 39.2. The number of halogens is 3. The number of nitrogens with zero attached hydrogens (tertiary/aromatic N) is 1. The fourth-order valence-corrected chi connectivity index (χ4v) is 3.48. The van der Waals surface area contributed by atoms with Crippen LogP contribution in [-0.4, -0.2) is 23.6 Å². The van der Waals surface area contributed by atoms with Crippen molar-refractivity contribution >= 4 is 45.2 Å². The van der Waals surface area contributed by atoms with Crippen molar-refractivity contribution in [1.29, 1.82) is 0 Å². The average Bonchev–Trinajstić information content (AvgIpc) is 3.03. The van der Waals surface area contributed by atoms with E-state index in [2.05, 4.69) is 9.72 Å². The summed E-state index contributed by atoms with van der Waals surface area (Å²) in [4.78, 5) is 27.6. The Hall–Kier alpha value is -2.78. The van der Waals surface area contributed by atoms with Crippen molar-refractivity contribution in [2.24, 2.45) is 0 Å². The van der Waals surface area contributed by atoms with E-state index in [4.69, 9.17) is 16.3 Å². The van der Waals surface area contributed by atoms with Crippen LogP contribution in [0.2, 0.25) is 5.02 Å². The summed E-state index contributed by atoms with van der Waals surface area (Å²) in [5.74, 6) is -3.99. The Kier molecular flexibility index (Phi) is 6.05. The van der Waals surface area contributed by atoms with Gasteiger partial charge >= 0.3 is 6.09 Å². The van der Waals surface area contributed by atoms with Crippen molar-refractivity contribution < 1.29 is 27.8 Å². The lowest BCUT2D eigenvalue weighted by molar-refractivity contribution is 0.0915. The number of carbonyl (C=O) groups is 2. The molecule has 28 heavy (non-hydrogen) atoms. The van der Waals surface area contributed by atoms with E-state index in [9.17, 15) is 18.4 Å². The lowest BCUT2D eigenvalue weighted by atomic mass is 10.1. The fourth-order valence-electron chi connectivity index (χ4n) is 2.32. The summed E-state index contributed by atoms with van der Waals surface area (Å²) in [6.07, 6.45) is -1.11. The van der Waals surface area contributed by atoms with Gasteiger partial charge in [-0.3, -0.25) is 10.1 Å². The van der Waals surface area contributed by atoms with Crippen molar-refractivity contribution in [2.75, 3.05) is 6.61 Å². The van der Waals surface area contributed by atoms with Crippen LogP contribution in [0.5, 0.6) is 5.75 Å². The van der Waals surface area contributed by atoms with Crippen LogP contribution < -0.4 is 10.1 Å². The number of nitrogens with one attached hydrogen (secondary N) is 1. The minimum atomic E-state index is -1.27. The van der Waals surface area contributed by atoms with Crippen LogP contribution in [0.3, 0.4) is 0 Å². The minimum absolute atomic E-state index is 0.000603. The van der Waals surface area contributed by atoms with Gasteiger partial charge in [0.05, 0.1) is 16.8 Å². The average molecular weight is 427 g/mol. The van der Waals surface area contributed by atoms with Crippen molar-refractivity contribution in [3.05, 3.63) is 57.6 Å². The predicted molar refractivity (Wildman–Crippen MR) is 99.8 cm³/mol. The number of amides is 2. The van der Waals surface area contributed by atoms with Crippen molar-refractivity contribution in [3.8, 4) is 5.75 Å². The normalized spacial score (nSPS) is 10.7. The summed E-state index contributed by atoms with van der Waals surface area (Å²) in [7, 11) is 0. The molecule has 0 saturated heterocycles. The molecular weight excluding hydrogens is 414 g/mol. The Bertz CT molecular complexity index is 1060. The van der Waals surface area contributed by atoms with Gasteiger partial charge in [-0.25, -0.2) is 18.6 Å². The van der Waals surface area contributed by atoms with Gasteiger partial charge in [0.1, 0.15) is 23.0 Å². The lowest BCUT2D eigenvalue weighted by Gasteiger charge is -2.10. The Morgan fingerprint density at radius 3 is 2.79 bits per heavy atom. The SMILES string of the molecule is CCOC(=O)NC(=O)c1c(F)ccc(OCc2nc3ccc(Cl)cc3s2)c1F. The molecule has 0 bridgehead atoms. The molecule has 1 heterocycles. The molecule has 0 aliphatic rings. The molecule has 0 fully saturated rings. The topological polar surface area (TPSA) is 77.5 Å². The number of fused-ring (bicyclic) bond motifs is 1. The van der Waals surface area contributed by atoms with Crippen LogP contribution in [0.25, 0.3) is 10.2 Å². The molecule has 0 radical (unpaired) electrons. The number of alkyl carbamates (subject to hydrolysis) is 1. The molecule has 0 atom stereocenters. The predicted octanol–water partition coefficient (Wildman–Crippen LogP) is 4.69. The first-order valence-electron chi connectivity index (χ1n) is 8.03. The number of benzene rings is 2. The smallest absolute Gasteiger partial charge is 0.414 e. The third kappa shape index (κ3) is 4.37. The Labute approximate surface area is 167 Å². The van der Waals surface area contributed by atoms with Gasteiger partial charge in [-0.1, -0.05) is 11.6 Å². The van der Waals surface area contributed by atoms with E-state index in [1.807, 2.05) is 0 Å². The zero-order valence-electron chi connectivity index (χ0n) is 14.4. The second kappa shape index (κ2) is 8.49. The van der Waals surface area contributed by atoms with E-state index in [0.717, 1.165) is 16.8 Å². The molecule has 146 valence electrons. The highest BCUT2D eigenvalue weighted by Gasteiger charge is 2.23. The standard InChI is InChI=1S/C18H13ClF2N2O4S/c1-2-26-18(25)23-17(24)15-10(20)4-6-12(16(15)21)27-8-14-22-11-5-3-9(19)7-13(11)28-14/h3-7H,2,8H2,1H3,(H,23,24,25). The maximum Gasteiger partial charge on any atom is 0.414 e. The highest BCUT2D eigenvalue weighted by Crippen LogP contribution is 2.28. The summed E-state index contributed by atoms with van der Waals surface area (Å²) in [5, 5.41) is 2.85. The number of hydrogen-bond acceptors (Lipinski definition) is 6. The zero-order chi connectivity index (χ0) is 20.3. The molecular formula is C18H13ClF2N2O4S. The van der Waals surface area contributed by atoms with E-state index in [1.54, 1.807) is 23.5 Å². The van der Waals surface area contributed by atoms with Gasteiger partial charge in [0.15, 0.2) is 11.6 Å². The summed E-state index contributed by atoms with van der Waals surface area (Å²) in [6.45, 7) is 1.43. The second-order valence-corrected chi connectivity index (χ2v) is 6.97. The van der Waals surface area contributed by atoms with Gasteiger partial charge in [0.2, 0.25) is 0 Å². The van der Waals surface area contributed by atoms with Crippen molar-refractivity contribution in [3.63, 3.8) is 0 Å². The molecule has 10 heteroatoms. The summed E-state index contributed by atoms with van der Waals surface area (Å²) in [5.41, 5.74) is -0.233. The van der Waals surface area contributed by atoms with Crippen LogP contribution in [-0.2, 0) is 11.3 Å². The molecule has 1 aromatic heterocycles. The van der Waals surface area contributed by atoms with E-state index < -0.39 is 29.2 Å². The Morgan fingerprint density at radius 2 is 2.04 bits per heavy atom. The van der Waals surface area contributed by atoms with Gasteiger partial charge in [-0.15, -0.1) is 11.3 Å². The number of thiazole rings is 1. The number of carbonyl (C=O) groups excluding carboxylic acids is 2. The monoisotopic (exact) mass is 426 g/mol. The van der Waals surface area contributed by atoms with Crippen LogP contribution in [0, 0.1) is 11.6 Å². The molecule has 0 spiro atoms. The van der Waals surface area contributed by atoms with Crippen LogP contribution in [0.4, 0.5) is 13.6 Å². The number of aromatic nitrogens is 1. The van der Waals surface area contributed by atoms with E-state index >= 15 is 0 Å². The van der Waals surface area contributed by atoms with E-state index in [0.29, 0.717) is 15.5 Å².